The zero-order valence-electron chi connectivity index (χ0n) is 9.61. The molecule has 88 valence electrons. The first-order chi connectivity index (χ1) is 7.54. The van der Waals surface area contributed by atoms with Crippen LogP contribution in [-0.4, -0.2) is 23.4 Å². The van der Waals surface area contributed by atoms with Crippen LogP contribution >= 0.6 is 11.6 Å². The van der Waals surface area contributed by atoms with E-state index in [-0.39, 0.29) is 5.91 Å². The normalized spacial score (nSPS) is 12.2. The second kappa shape index (κ2) is 5.87. The van der Waals surface area contributed by atoms with Gasteiger partial charge in [-0.2, -0.15) is 0 Å². The van der Waals surface area contributed by atoms with Crippen molar-refractivity contribution in [1.82, 2.24) is 4.90 Å². The van der Waals surface area contributed by atoms with Crippen LogP contribution in [0.25, 0.3) is 0 Å². The van der Waals surface area contributed by atoms with Crippen molar-refractivity contribution in [2.75, 3.05) is 6.54 Å². The summed E-state index contributed by atoms with van der Waals surface area (Å²) in [6.45, 7) is 4.83. The summed E-state index contributed by atoms with van der Waals surface area (Å²) in [4.78, 5) is 13.4. The molecule has 1 aromatic rings. The molecule has 0 aliphatic rings. The van der Waals surface area contributed by atoms with Gasteiger partial charge in [0.05, 0.1) is 6.04 Å². The number of carbonyl (C=O) groups excluding carboxylic acids is 1. The maximum Gasteiger partial charge on any atom is 0.239 e. The van der Waals surface area contributed by atoms with Gasteiger partial charge in [0.1, 0.15) is 0 Å². The third-order valence-corrected chi connectivity index (χ3v) is 2.58. The van der Waals surface area contributed by atoms with Gasteiger partial charge in [0.2, 0.25) is 5.91 Å². The predicted octanol–water partition coefficient (Wildman–Crippen LogP) is 2.04. The minimum atomic E-state index is -0.459. The first-order valence-electron chi connectivity index (χ1n) is 5.33. The number of nitrogens with two attached hydrogens (primary N) is 1. The molecule has 0 radical (unpaired) electrons. The molecule has 1 aromatic carbocycles. The summed E-state index contributed by atoms with van der Waals surface area (Å²) in [5.41, 5.74) is 6.60. The summed E-state index contributed by atoms with van der Waals surface area (Å²) >= 11 is 5.89. The highest BCUT2D eigenvalue weighted by atomic mass is 35.5. The third kappa shape index (κ3) is 3.51. The summed E-state index contributed by atoms with van der Waals surface area (Å²) < 4.78 is 0. The van der Waals surface area contributed by atoms with Crippen molar-refractivity contribution in [2.24, 2.45) is 5.73 Å². The largest absolute Gasteiger partial charge is 0.337 e. The summed E-state index contributed by atoms with van der Waals surface area (Å²) in [7, 11) is 0. The highest BCUT2D eigenvalue weighted by Crippen LogP contribution is 2.13. The minimum Gasteiger partial charge on any atom is -0.337 e. The number of benzene rings is 1. The topological polar surface area (TPSA) is 46.3 Å². The Bertz CT molecular complexity index is 366. The van der Waals surface area contributed by atoms with Gasteiger partial charge >= 0.3 is 0 Å². The molecule has 0 heterocycles. The Labute approximate surface area is 101 Å². The number of halogens is 1. The van der Waals surface area contributed by atoms with Crippen LogP contribution < -0.4 is 5.73 Å². The van der Waals surface area contributed by atoms with Crippen LogP contribution in [0.3, 0.4) is 0 Å². The number of amides is 1. The molecule has 16 heavy (non-hydrogen) atoms. The molecule has 0 aromatic heterocycles. The van der Waals surface area contributed by atoms with Gasteiger partial charge in [-0.05, 0) is 31.5 Å². The van der Waals surface area contributed by atoms with Gasteiger partial charge in [0.15, 0.2) is 0 Å². The number of hydrogen-bond acceptors (Lipinski definition) is 2. The summed E-state index contributed by atoms with van der Waals surface area (Å²) in [6, 6.07) is 7.04. The van der Waals surface area contributed by atoms with E-state index in [9.17, 15) is 4.79 Å². The van der Waals surface area contributed by atoms with Gasteiger partial charge in [-0.25, -0.2) is 0 Å². The fourth-order valence-electron chi connectivity index (χ4n) is 1.49. The van der Waals surface area contributed by atoms with E-state index in [0.717, 1.165) is 5.56 Å². The summed E-state index contributed by atoms with van der Waals surface area (Å²) in [6.07, 6.45) is 0. The molecule has 0 aliphatic carbocycles. The molecule has 0 saturated heterocycles. The van der Waals surface area contributed by atoms with Crippen LogP contribution in [0.1, 0.15) is 19.4 Å². The van der Waals surface area contributed by atoms with Crippen molar-refractivity contribution in [3.05, 3.63) is 34.9 Å². The second-order valence-electron chi connectivity index (χ2n) is 3.77. The molecule has 2 N–H and O–H groups in total. The molecule has 4 heteroatoms. The van der Waals surface area contributed by atoms with Crippen LogP contribution in [0.4, 0.5) is 0 Å². The lowest BCUT2D eigenvalue weighted by atomic mass is 10.2. The highest BCUT2D eigenvalue weighted by molar-refractivity contribution is 6.30. The van der Waals surface area contributed by atoms with Crippen LogP contribution in [-0.2, 0) is 11.3 Å². The second-order valence-corrected chi connectivity index (χ2v) is 4.21. The third-order valence-electron chi connectivity index (χ3n) is 2.35. The number of nitrogens with zero attached hydrogens (tertiary/aromatic N) is 1. The van der Waals surface area contributed by atoms with E-state index in [4.69, 9.17) is 17.3 Å². The van der Waals surface area contributed by atoms with E-state index in [1.54, 1.807) is 11.8 Å². The van der Waals surface area contributed by atoms with E-state index >= 15 is 0 Å². The van der Waals surface area contributed by atoms with E-state index < -0.39 is 6.04 Å². The van der Waals surface area contributed by atoms with Crippen LogP contribution in [0.2, 0.25) is 5.02 Å². The fraction of sp³-hybridized carbons (Fsp3) is 0.417. The van der Waals surface area contributed by atoms with Crippen molar-refractivity contribution < 1.29 is 4.79 Å². The Morgan fingerprint density at radius 2 is 2.25 bits per heavy atom. The average Bonchev–Trinajstić information content (AvgIpc) is 2.25. The van der Waals surface area contributed by atoms with Gasteiger partial charge in [-0.1, -0.05) is 23.7 Å². The van der Waals surface area contributed by atoms with Crippen molar-refractivity contribution in [2.45, 2.75) is 26.4 Å². The Kier molecular flexibility index (Phi) is 4.77. The summed E-state index contributed by atoms with van der Waals surface area (Å²) in [5, 5.41) is 0.682. The Hall–Kier alpha value is -1.06. The molecule has 1 atom stereocenters. The van der Waals surface area contributed by atoms with E-state index in [1.165, 1.54) is 0 Å². The van der Waals surface area contributed by atoms with Gasteiger partial charge in [0.25, 0.3) is 0 Å². The number of carbonyl (C=O) groups is 1. The Morgan fingerprint density at radius 3 is 2.75 bits per heavy atom. The molecular weight excluding hydrogens is 224 g/mol. The summed E-state index contributed by atoms with van der Waals surface area (Å²) in [5.74, 6) is -0.0394. The monoisotopic (exact) mass is 240 g/mol. The smallest absolute Gasteiger partial charge is 0.239 e. The maximum atomic E-state index is 11.7. The standard InChI is InChI=1S/C12H17ClN2O/c1-3-15(12(16)9(2)14)8-10-5-4-6-11(13)7-10/h4-7,9H,3,8,14H2,1-2H3/t9-/m1/s1. The predicted molar refractivity (Wildman–Crippen MR) is 66.2 cm³/mol. The van der Waals surface area contributed by atoms with E-state index in [1.807, 2.05) is 31.2 Å². The zero-order chi connectivity index (χ0) is 12.1. The number of hydrogen-bond donors (Lipinski definition) is 1. The Balaban J connectivity index is 2.74. The average molecular weight is 241 g/mol. The molecule has 0 unspecified atom stereocenters. The molecule has 0 bridgehead atoms. The van der Waals surface area contributed by atoms with Crippen LogP contribution in [0.15, 0.2) is 24.3 Å². The Morgan fingerprint density at radius 1 is 1.56 bits per heavy atom. The molecule has 0 fully saturated rings. The number of rotatable bonds is 4. The van der Waals surface area contributed by atoms with Crippen molar-refractivity contribution >= 4 is 17.5 Å². The lowest BCUT2D eigenvalue weighted by Gasteiger charge is -2.22. The van der Waals surface area contributed by atoms with Crippen LogP contribution in [0, 0.1) is 0 Å². The molecule has 1 rings (SSSR count). The molecule has 0 spiro atoms. The van der Waals surface area contributed by atoms with Crippen molar-refractivity contribution in [3.63, 3.8) is 0 Å². The molecule has 1 amide bonds. The van der Waals surface area contributed by atoms with Gasteiger partial charge in [-0.3, -0.25) is 4.79 Å². The fourth-order valence-corrected chi connectivity index (χ4v) is 1.70. The van der Waals surface area contributed by atoms with Gasteiger partial charge in [0, 0.05) is 18.1 Å². The first-order valence-corrected chi connectivity index (χ1v) is 5.71. The molecular formula is C12H17ClN2O. The molecule has 3 nitrogen and oxygen atoms in total. The van der Waals surface area contributed by atoms with Crippen LogP contribution in [0.5, 0.6) is 0 Å². The zero-order valence-corrected chi connectivity index (χ0v) is 10.4. The molecule has 0 saturated carbocycles. The highest BCUT2D eigenvalue weighted by Gasteiger charge is 2.15. The molecule has 0 aliphatic heterocycles. The van der Waals surface area contributed by atoms with E-state index in [2.05, 4.69) is 0 Å². The van der Waals surface area contributed by atoms with Crippen molar-refractivity contribution in [1.29, 1.82) is 0 Å². The lowest BCUT2D eigenvalue weighted by molar-refractivity contribution is -0.132. The van der Waals surface area contributed by atoms with E-state index in [0.29, 0.717) is 18.1 Å². The van der Waals surface area contributed by atoms with Gasteiger partial charge in [-0.15, -0.1) is 0 Å². The van der Waals surface area contributed by atoms with Crippen molar-refractivity contribution in [3.8, 4) is 0 Å². The number of likely N-dealkylation sites (N-methyl/N-ethyl adjacent to an activating group) is 1. The SMILES string of the molecule is CCN(Cc1cccc(Cl)c1)C(=O)[C@@H](C)N. The van der Waals surface area contributed by atoms with Gasteiger partial charge < -0.3 is 10.6 Å². The maximum absolute atomic E-state index is 11.7. The lowest BCUT2D eigenvalue weighted by Crippen LogP contribution is -2.41. The quantitative estimate of drug-likeness (QED) is 0.876. The minimum absolute atomic E-state index is 0.0394. The first kappa shape index (κ1) is 13.0.